The van der Waals surface area contributed by atoms with Crippen LogP contribution >= 0.6 is 0 Å². The summed E-state index contributed by atoms with van der Waals surface area (Å²) in [5.74, 6) is -1.01. The second-order valence-corrected chi connectivity index (χ2v) is 5.34. The minimum Gasteiger partial charge on any atom is -0.468 e. The van der Waals surface area contributed by atoms with Crippen LogP contribution in [0.5, 0.6) is 0 Å². The summed E-state index contributed by atoms with van der Waals surface area (Å²) < 4.78 is 5.91. The van der Waals surface area contributed by atoms with E-state index in [0.29, 0.717) is 0 Å². The molecule has 0 saturated carbocycles. The third-order valence-corrected chi connectivity index (χ3v) is 3.34. The van der Waals surface area contributed by atoms with Gasteiger partial charge in [0.25, 0.3) is 5.56 Å². The summed E-state index contributed by atoms with van der Waals surface area (Å²) in [6, 6.07) is -0.376. The van der Waals surface area contributed by atoms with Crippen LogP contribution in [0.1, 0.15) is 13.8 Å². The highest BCUT2D eigenvalue weighted by Crippen LogP contribution is 2.06. The predicted molar refractivity (Wildman–Crippen MR) is 83.0 cm³/mol. The standard InChI is InChI=1S/C14H22N4O5/c1-8(2)11(13(21)23-4)16-9(12(20)15-3)7-18-6-5-10(19)17-14(18)22/h5-6,8-9,11,16H,7H2,1-4H3,(H,15,20)(H,17,19,22)/t9-,11+/m1/s1. The highest BCUT2D eigenvalue weighted by Gasteiger charge is 2.29. The molecule has 0 aliphatic rings. The van der Waals surface area contributed by atoms with Crippen molar-refractivity contribution in [3.63, 3.8) is 0 Å². The van der Waals surface area contributed by atoms with Gasteiger partial charge >= 0.3 is 11.7 Å². The highest BCUT2D eigenvalue weighted by atomic mass is 16.5. The SMILES string of the molecule is CNC(=O)[C@@H](Cn1ccc(=O)[nH]c1=O)N[C@H](C(=O)OC)C(C)C. The maximum Gasteiger partial charge on any atom is 0.328 e. The molecule has 0 fully saturated rings. The van der Waals surface area contributed by atoms with Crippen LogP contribution < -0.4 is 21.9 Å². The Labute approximate surface area is 133 Å². The lowest BCUT2D eigenvalue weighted by Crippen LogP contribution is -2.55. The van der Waals surface area contributed by atoms with Crippen LogP contribution in [0.25, 0.3) is 0 Å². The smallest absolute Gasteiger partial charge is 0.328 e. The number of H-pyrrole nitrogens is 1. The summed E-state index contributed by atoms with van der Waals surface area (Å²) in [4.78, 5) is 48.8. The zero-order valence-corrected chi connectivity index (χ0v) is 13.6. The van der Waals surface area contributed by atoms with E-state index in [0.717, 1.165) is 0 Å². The third kappa shape index (κ3) is 5.06. The van der Waals surface area contributed by atoms with Crippen LogP contribution in [0.2, 0.25) is 0 Å². The molecule has 9 nitrogen and oxygen atoms in total. The number of esters is 1. The molecule has 128 valence electrons. The summed E-state index contributed by atoms with van der Waals surface area (Å²) in [5.41, 5.74) is -1.15. The maximum atomic E-state index is 12.1. The van der Waals surface area contributed by atoms with Gasteiger partial charge in [-0.15, -0.1) is 0 Å². The first kappa shape index (κ1) is 18.6. The summed E-state index contributed by atoms with van der Waals surface area (Å²) in [5, 5.41) is 5.38. The molecule has 0 bridgehead atoms. The molecule has 9 heteroatoms. The summed E-state index contributed by atoms with van der Waals surface area (Å²) >= 11 is 0. The van der Waals surface area contributed by atoms with E-state index in [1.54, 1.807) is 0 Å². The minimum atomic E-state index is -0.852. The molecule has 2 atom stereocenters. The molecule has 1 aromatic rings. The van der Waals surface area contributed by atoms with Crippen LogP contribution in [0, 0.1) is 5.92 Å². The van der Waals surface area contributed by atoms with Crippen molar-refractivity contribution in [3.8, 4) is 0 Å². The molecule has 0 aromatic carbocycles. The van der Waals surface area contributed by atoms with Crippen molar-refractivity contribution in [2.24, 2.45) is 5.92 Å². The normalized spacial score (nSPS) is 13.4. The molecule has 0 radical (unpaired) electrons. The van der Waals surface area contributed by atoms with E-state index in [2.05, 4.69) is 15.6 Å². The fourth-order valence-electron chi connectivity index (χ4n) is 2.05. The zero-order chi connectivity index (χ0) is 17.6. The zero-order valence-electron chi connectivity index (χ0n) is 13.6. The first-order valence-electron chi connectivity index (χ1n) is 7.15. The van der Waals surface area contributed by atoms with Crippen LogP contribution in [0.3, 0.4) is 0 Å². The number of likely N-dealkylation sites (N-methyl/N-ethyl adjacent to an activating group) is 1. The van der Waals surface area contributed by atoms with Crippen LogP contribution in [-0.4, -0.2) is 47.7 Å². The van der Waals surface area contributed by atoms with Gasteiger partial charge in [-0.2, -0.15) is 0 Å². The summed E-state index contributed by atoms with van der Waals surface area (Å²) in [7, 11) is 2.72. The monoisotopic (exact) mass is 326 g/mol. The molecule has 3 N–H and O–H groups in total. The lowest BCUT2D eigenvalue weighted by atomic mass is 10.0. The first-order chi connectivity index (χ1) is 10.8. The number of aromatic amines is 1. The molecule has 1 heterocycles. The van der Waals surface area contributed by atoms with E-state index < -0.39 is 35.2 Å². The quantitative estimate of drug-likeness (QED) is 0.521. The average molecular weight is 326 g/mol. The average Bonchev–Trinajstić information content (AvgIpc) is 2.51. The second-order valence-electron chi connectivity index (χ2n) is 5.34. The van der Waals surface area contributed by atoms with Gasteiger partial charge in [0.05, 0.1) is 13.7 Å². The van der Waals surface area contributed by atoms with E-state index in [-0.39, 0.29) is 12.5 Å². The molecule has 0 aliphatic carbocycles. The van der Waals surface area contributed by atoms with Crippen molar-refractivity contribution in [1.82, 2.24) is 20.2 Å². The fourth-order valence-corrected chi connectivity index (χ4v) is 2.05. The van der Waals surface area contributed by atoms with Gasteiger partial charge in [0.15, 0.2) is 0 Å². The largest absolute Gasteiger partial charge is 0.468 e. The number of methoxy groups -OCH3 is 1. The number of rotatable bonds is 7. The van der Waals surface area contributed by atoms with Crippen molar-refractivity contribution >= 4 is 11.9 Å². The second kappa shape index (κ2) is 8.28. The van der Waals surface area contributed by atoms with Gasteiger partial charge in [0, 0.05) is 19.3 Å². The Bertz CT molecular complexity index is 664. The van der Waals surface area contributed by atoms with Gasteiger partial charge in [-0.05, 0) is 5.92 Å². The van der Waals surface area contributed by atoms with E-state index in [1.165, 1.54) is 31.0 Å². The molecule has 0 aliphatic heterocycles. The van der Waals surface area contributed by atoms with E-state index in [1.807, 2.05) is 13.8 Å². The van der Waals surface area contributed by atoms with Gasteiger partial charge in [-0.1, -0.05) is 13.8 Å². The molecule has 1 aromatic heterocycles. The van der Waals surface area contributed by atoms with Crippen LogP contribution in [-0.2, 0) is 20.9 Å². The number of carbonyl (C=O) groups excluding carboxylic acids is 2. The third-order valence-electron chi connectivity index (χ3n) is 3.34. The molecular weight excluding hydrogens is 304 g/mol. The predicted octanol–water partition coefficient (Wildman–Crippen LogP) is -1.56. The Morgan fingerprint density at radius 3 is 2.48 bits per heavy atom. The van der Waals surface area contributed by atoms with E-state index >= 15 is 0 Å². The molecule has 0 saturated heterocycles. The number of hydrogen-bond acceptors (Lipinski definition) is 6. The summed E-state index contributed by atoms with van der Waals surface area (Å²) in [6.07, 6.45) is 1.29. The molecule has 1 amide bonds. The number of nitrogens with zero attached hydrogens (tertiary/aromatic N) is 1. The Morgan fingerprint density at radius 2 is 2.00 bits per heavy atom. The number of amides is 1. The van der Waals surface area contributed by atoms with Crippen molar-refractivity contribution in [2.45, 2.75) is 32.5 Å². The molecule has 0 spiro atoms. The van der Waals surface area contributed by atoms with Crippen molar-refractivity contribution in [1.29, 1.82) is 0 Å². The molecular formula is C14H22N4O5. The van der Waals surface area contributed by atoms with Gasteiger partial charge in [-0.25, -0.2) is 4.79 Å². The Morgan fingerprint density at radius 1 is 1.35 bits per heavy atom. The van der Waals surface area contributed by atoms with Crippen LogP contribution in [0.15, 0.2) is 21.9 Å². The lowest BCUT2D eigenvalue weighted by molar-refractivity contribution is -0.144. The lowest BCUT2D eigenvalue weighted by Gasteiger charge is -2.26. The molecule has 0 unspecified atom stereocenters. The molecule has 1 rings (SSSR count). The number of carbonyl (C=O) groups is 2. The van der Waals surface area contributed by atoms with Crippen LogP contribution in [0.4, 0.5) is 0 Å². The topological polar surface area (TPSA) is 122 Å². The Hall–Kier alpha value is -2.42. The van der Waals surface area contributed by atoms with Gasteiger partial charge in [-0.3, -0.25) is 29.3 Å². The highest BCUT2D eigenvalue weighted by molar-refractivity contribution is 5.83. The number of aromatic nitrogens is 2. The minimum absolute atomic E-state index is 0.0461. The van der Waals surface area contributed by atoms with Crippen molar-refractivity contribution in [2.75, 3.05) is 14.2 Å². The number of ether oxygens (including phenoxy) is 1. The van der Waals surface area contributed by atoms with E-state index in [4.69, 9.17) is 4.74 Å². The Kier molecular flexibility index (Phi) is 6.70. The molecule has 23 heavy (non-hydrogen) atoms. The van der Waals surface area contributed by atoms with Gasteiger partial charge < -0.3 is 10.1 Å². The van der Waals surface area contributed by atoms with Gasteiger partial charge in [0.1, 0.15) is 12.1 Å². The van der Waals surface area contributed by atoms with Crippen molar-refractivity contribution in [3.05, 3.63) is 33.1 Å². The number of nitrogens with one attached hydrogen (secondary N) is 3. The first-order valence-corrected chi connectivity index (χ1v) is 7.15. The van der Waals surface area contributed by atoms with Gasteiger partial charge in [0.2, 0.25) is 5.91 Å². The number of hydrogen-bond donors (Lipinski definition) is 3. The maximum absolute atomic E-state index is 12.1. The van der Waals surface area contributed by atoms with E-state index in [9.17, 15) is 19.2 Å². The Balaban J connectivity index is 3.04. The van der Waals surface area contributed by atoms with Crippen molar-refractivity contribution < 1.29 is 14.3 Å². The fraction of sp³-hybridized carbons (Fsp3) is 0.571. The summed E-state index contributed by atoms with van der Waals surface area (Å²) in [6.45, 7) is 3.57.